The van der Waals surface area contributed by atoms with Crippen molar-refractivity contribution < 1.29 is 0 Å². The summed E-state index contributed by atoms with van der Waals surface area (Å²) >= 11 is 1.96. The lowest BCUT2D eigenvalue weighted by atomic mass is 10.3. The summed E-state index contributed by atoms with van der Waals surface area (Å²) in [6.45, 7) is 12.7. The minimum Gasteiger partial charge on any atom is -0.313 e. The summed E-state index contributed by atoms with van der Waals surface area (Å²) in [4.78, 5) is 0. The second-order valence-electron chi connectivity index (χ2n) is 3.29. The van der Waals surface area contributed by atoms with Gasteiger partial charge >= 0.3 is 0 Å². The van der Waals surface area contributed by atoms with Crippen molar-refractivity contribution in [2.45, 2.75) is 32.4 Å². The maximum atomic E-state index is 4.02. The van der Waals surface area contributed by atoms with E-state index in [0.29, 0.717) is 5.25 Å². The van der Waals surface area contributed by atoms with Gasteiger partial charge in [-0.05, 0) is 18.2 Å². The highest BCUT2D eigenvalue weighted by Gasteiger charge is 1.97. The second kappa shape index (κ2) is 7.69. The first-order valence-electron chi connectivity index (χ1n) is 4.65. The summed E-state index contributed by atoms with van der Waals surface area (Å²) in [6, 6.07) is 0. The maximum absolute atomic E-state index is 4.02. The van der Waals surface area contributed by atoms with E-state index >= 15 is 0 Å². The van der Waals surface area contributed by atoms with E-state index in [1.165, 1.54) is 12.0 Å². The highest BCUT2D eigenvalue weighted by Crippen LogP contribution is 2.11. The van der Waals surface area contributed by atoms with Crippen LogP contribution in [0.4, 0.5) is 0 Å². The quantitative estimate of drug-likeness (QED) is 0.486. The Balaban J connectivity index is 3.22. The molecule has 0 aromatic carbocycles. The Hall–Kier alpha value is 0.0500. The molecular formula is C10H21NS. The summed E-state index contributed by atoms with van der Waals surface area (Å²) in [7, 11) is 0. The van der Waals surface area contributed by atoms with Crippen molar-refractivity contribution in [3.05, 3.63) is 12.2 Å². The molecule has 0 aromatic rings. The van der Waals surface area contributed by atoms with Gasteiger partial charge in [-0.2, -0.15) is 11.8 Å². The molecule has 0 saturated heterocycles. The number of nitrogens with one attached hydrogen (secondary N) is 1. The fourth-order valence-corrected chi connectivity index (χ4v) is 1.45. The summed E-state index contributed by atoms with van der Waals surface area (Å²) < 4.78 is 0. The topological polar surface area (TPSA) is 12.0 Å². The van der Waals surface area contributed by atoms with Crippen LogP contribution in [0.15, 0.2) is 12.2 Å². The van der Waals surface area contributed by atoms with Crippen LogP contribution >= 0.6 is 11.8 Å². The van der Waals surface area contributed by atoms with Crippen LogP contribution in [0.25, 0.3) is 0 Å². The first-order chi connectivity index (χ1) is 5.66. The van der Waals surface area contributed by atoms with Crippen molar-refractivity contribution in [3.63, 3.8) is 0 Å². The summed E-state index contributed by atoms with van der Waals surface area (Å²) in [5.41, 5.74) is 1.31. The lowest BCUT2D eigenvalue weighted by Gasteiger charge is -2.08. The minimum absolute atomic E-state index is 0.716. The molecule has 2 heteroatoms. The summed E-state index contributed by atoms with van der Waals surface area (Å²) in [5, 5.41) is 4.06. The average molecular weight is 187 g/mol. The zero-order valence-electron chi connectivity index (χ0n) is 8.52. The zero-order valence-corrected chi connectivity index (χ0v) is 9.34. The predicted molar refractivity (Wildman–Crippen MR) is 59.9 cm³/mol. The maximum Gasteiger partial charge on any atom is 0.0170 e. The van der Waals surface area contributed by atoms with E-state index in [-0.39, 0.29) is 0 Å². The molecule has 0 heterocycles. The molecule has 0 unspecified atom stereocenters. The Bertz CT molecular complexity index is 121. The Kier molecular flexibility index (Phi) is 7.72. The van der Waals surface area contributed by atoms with E-state index in [2.05, 4.69) is 32.7 Å². The molecule has 1 nitrogen and oxygen atoms in total. The van der Waals surface area contributed by atoms with E-state index in [4.69, 9.17) is 0 Å². The van der Waals surface area contributed by atoms with Gasteiger partial charge in [-0.25, -0.2) is 0 Å². The summed E-state index contributed by atoms with van der Waals surface area (Å²) in [6.07, 6.45) is 1.20. The van der Waals surface area contributed by atoms with Crippen molar-refractivity contribution in [3.8, 4) is 0 Å². The molecular weight excluding hydrogens is 166 g/mol. The van der Waals surface area contributed by atoms with Crippen LogP contribution < -0.4 is 5.32 Å². The third-order valence-corrected chi connectivity index (χ3v) is 2.66. The molecule has 0 bridgehead atoms. The van der Waals surface area contributed by atoms with Crippen LogP contribution in [0, 0.1) is 0 Å². The monoisotopic (exact) mass is 187 g/mol. The Morgan fingerprint density at radius 3 is 2.67 bits per heavy atom. The molecule has 0 fully saturated rings. The molecule has 0 radical (unpaired) electrons. The molecule has 0 aliphatic carbocycles. The highest BCUT2D eigenvalue weighted by molar-refractivity contribution is 8.00. The Labute approximate surface area is 81.0 Å². The van der Waals surface area contributed by atoms with E-state index in [0.717, 1.165) is 18.8 Å². The van der Waals surface area contributed by atoms with Gasteiger partial charge in [-0.3, -0.25) is 0 Å². The van der Waals surface area contributed by atoms with Crippen molar-refractivity contribution in [2.24, 2.45) is 0 Å². The number of thioether (sulfide) groups is 1. The van der Waals surface area contributed by atoms with Gasteiger partial charge in [0.15, 0.2) is 0 Å². The smallest absolute Gasteiger partial charge is 0.0170 e. The van der Waals surface area contributed by atoms with Crippen LogP contribution in [0.3, 0.4) is 0 Å². The number of rotatable bonds is 7. The molecule has 12 heavy (non-hydrogen) atoms. The molecule has 0 saturated carbocycles. The molecule has 0 aliphatic rings. The molecule has 0 aromatic heterocycles. The largest absolute Gasteiger partial charge is 0.313 e. The third kappa shape index (κ3) is 8.15. The van der Waals surface area contributed by atoms with Crippen LogP contribution in [0.5, 0.6) is 0 Å². The third-order valence-electron chi connectivity index (χ3n) is 1.42. The molecule has 0 spiro atoms. The highest BCUT2D eigenvalue weighted by atomic mass is 32.2. The van der Waals surface area contributed by atoms with Crippen LogP contribution in [-0.4, -0.2) is 24.1 Å². The van der Waals surface area contributed by atoms with Crippen LogP contribution in [0.1, 0.15) is 27.2 Å². The second-order valence-corrected chi connectivity index (χ2v) is 4.85. The fourth-order valence-electron chi connectivity index (χ4n) is 0.777. The van der Waals surface area contributed by atoms with Crippen LogP contribution in [-0.2, 0) is 0 Å². The Morgan fingerprint density at radius 2 is 2.17 bits per heavy atom. The minimum atomic E-state index is 0.716. The van der Waals surface area contributed by atoms with Gasteiger partial charge in [0.2, 0.25) is 0 Å². The standard InChI is InChI=1S/C10H21NS/c1-5-6-11-7-10(4)8-12-9(2)3/h9,11H,4-8H2,1-3H3. The number of hydrogen-bond acceptors (Lipinski definition) is 2. The lowest BCUT2D eigenvalue weighted by molar-refractivity contribution is 0.716. The van der Waals surface area contributed by atoms with Crippen LogP contribution in [0.2, 0.25) is 0 Å². The molecule has 0 rings (SSSR count). The fraction of sp³-hybridized carbons (Fsp3) is 0.800. The van der Waals surface area contributed by atoms with Gasteiger partial charge in [0.1, 0.15) is 0 Å². The van der Waals surface area contributed by atoms with Crippen molar-refractivity contribution in [1.82, 2.24) is 5.32 Å². The first-order valence-corrected chi connectivity index (χ1v) is 5.70. The van der Waals surface area contributed by atoms with Gasteiger partial charge in [0.25, 0.3) is 0 Å². The van der Waals surface area contributed by atoms with Gasteiger partial charge in [-0.15, -0.1) is 0 Å². The Morgan fingerprint density at radius 1 is 1.50 bits per heavy atom. The molecule has 72 valence electrons. The van der Waals surface area contributed by atoms with Crippen molar-refractivity contribution in [1.29, 1.82) is 0 Å². The van der Waals surface area contributed by atoms with Crippen molar-refractivity contribution >= 4 is 11.8 Å². The molecule has 1 N–H and O–H groups in total. The predicted octanol–water partition coefficient (Wildman–Crippen LogP) is 2.68. The molecule has 0 aliphatic heterocycles. The van der Waals surface area contributed by atoms with Gasteiger partial charge in [0, 0.05) is 12.3 Å². The summed E-state index contributed by atoms with van der Waals surface area (Å²) in [5.74, 6) is 1.09. The first kappa shape index (κ1) is 12.0. The zero-order chi connectivity index (χ0) is 9.40. The van der Waals surface area contributed by atoms with E-state index in [1.54, 1.807) is 0 Å². The van der Waals surface area contributed by atoms with Crippen molar-refractivity contribution in [2.75, 3.05) is 18.8 Å². The average Bonchev–Trinajstić information content (AvgIpc) is 2.01. The van der Waals surface area contributed by atoms with Gasteiger partial charge in [-0.1, -0.05) is 32.9 Å². The normalized spacial score (nSPS) is 10.7. The van der Waals surface area contributed by atoms with Gasteiger partial charge in [0.05, 0.1) is 0 Å². The molecule has 0 atom stereocenters. The SMILES string of the molecule is C=C(CNCCC)CSC(C)C. The van der Waals surface area contributed by atoms with E-state index in [9.17, 15) is 0 Å². The van der Waals surface area contributed by atoms with E-state index in [1.807, 2.05) is 11.8 Å². The molecule has 0 amide bonds. The van der Waals surface area contributed by atoms with Gasteiger partial charge < -0.3 is 5.32 Å². The number of hydrogen-bond donors (Lipinski definition) is 1. The van der Waals surface area contributed by atoms with E-state index < -0.39 is 0 Å². The lowest BCUT2D eigenvalue weighted by Crippen LogP contribution is -2.18.